The van der Waals surface area contributed by atoms with Gasteiger partial charge in [-0.1, -0.05) is 30.3 Å². The Kier molecular flexibility index (Phi) is 8.66. The molecule has 9 nitrogen and oxygen atoms in total. The molecule has 0 aliphatic rings. The van der Waals surface area contributed by atoms with E-state index in [0.29, 0.717) is 11.1 Å². The number of amides is 2. The third-order valence-electron chi connectivity index (χ3n) is 5.13. The number of anilines is 1. The van der Waals surface area contributed by atoms with Crippen LogP contribution in [-0.4, -0.2) is 51.5 Å². The molecule has 2 amide bonds. The van der Waals surface area contributed by atoms with Crippen LogP contribution in [0.1, 0.15) is 21.5 Å². The second kappa shape index (κ2) is 12.1. The molecule has 0 aromatic heterocycles. The normalized spacial score (nSPS) is 11.2. The van der Waals surface area contributed by atoms with Gasteiger partial charge >= 0.3 is 0 Å². The molecule has 0 aliphatic heterocycles. The molecule has 0 spiro atoms. The van der Waals surface area contributed by atoms with Crippen LogP contribution in [0.25, 0.3) is 6.08 Å². The standard InChI is InChI=1S/C27H28N4O5/c1-31(2)21-12-10-18(11-13-21)14-22(29-26(33)20-8-6-5-7-9-20)27(34)30-28-17-19-15-23(35-3)25(32)24(16-19)36-4/h5-17,32H,1-4H3,(H,29,33)(H,30,34). The average Bonchev–Trinajstić information content (AvgIpc) is 2.89. The molecule has 0 aliphatic carbocycles. The topological polar surface area (TPSA) is 112 Å². The predicted octanol–water partition coefficient (Wildman–Crippen LogP) is 3.40. The maximum absolute atomic E-state index is 13.0. The van der Waals surface area contributed by atoms with Crippen LogP contribution in [0.5, 0.6) is 17.2 Å². The molecule has 0 saturated heterocycles. The van der Waals surface area contributed by atoms with Crippen molar-refractivity contribution in [3.05, 3.63) is 89.1 Å². The van der Waals surface area contributed by atoms with Crippen molar-refractivity contribution in [1.82, 2.24) is 10.7 Å². The van der Waals surface area contributed by atoms with Gasteiger partial charge in [0.15, 0.2) is 11.5 Å². The van der Waals surface area contributed by atoms with Crippen molar-refractivity contribution < 1.29 is 24.2 Å². The Morgan fingerprint density at radius 2 is 1.53 bits per heavy atom. The number of phenols is 1. The fourth-order valence-electron chi connectivity index (χ4n) is 3.19. The van der Waals surface area contributed by atoms with E-state index >= 15 is 0 Å². The highest BCUT2D eigenvalue weighted by atomic mass is 16.5. The number of hydrazone groups is 1. The lowest BCUT2D eigenvalue weighted by Gasteiger charge is -2.13. The lowest BCUT2D eigenvalue weighted by atomic mass is 10.1. The van der Waals surface area contributed by atoms with Crippen molar-refractivity contribution in [3.8, 4) is 17.2 Å². The van der Waals surface area contributed by atoms with Gasteiger partial charge in [-0.25, -0.2) is 5.43 Å². The zero-order valence-corrected chi connectivity index (χ0v) is 20.5. The molecule has 3 N–H and O–H groups in total. The zero-order valence-electron chi connectivity index (χ0n) is 20.5. The minimum atomic E-state index is -0.620. The lowest BCUT2D eigenvalue weighted by Crippen LogP contribution is -2.32. The third-order valence-corrected chi connectivity index (χ3v) is 5.13. The number of ether oxygens (including phenoxy) is 2. The Bertz CT molecular complexity index is 1240. The van der Waals surface area contributed by atoms with E-state index in [1.807, 2.05) is 43.3 Å². The number of hydrogen-bond acceptors (Lipinski definition) is 7. The summed E-state index contributed by atoms with van der Waals surface area (Å²) in [6.07, 6.45) is 2.93. The Morgan fingerprint density at radius 1 is 0.917 bits per heavy atom. The van der Waals surface area contributed by atoms with E-state index in [1.165, 1.54) is 32.6 Å². The molecule has 9 heteroatoms. The van der Waals surface area contributed by atoms with Crippen LogP contribution in [0.15, 0.2) is 77.5 Å². The van der Waals surface area contributed by atoms with Gasteiger partial charge in [0.2, 0.25) is 5.75 Å². The highest BCUT2D eigenvalue weighted by Crippen LogP contribution is 2.36. The van der Waals surface area contributed by atoms with Crippen molar-refractivity contribution in [2.75, 3.05) is 33.2 Å². The van der Waals surface area contributed by atoms with Crippen LogP contribution in [-0.2, 0) is 4.79 Å². The minimum Gasteiger partial charge on any atom is -0.502 e. The van der Waals surface area contributed by atoms with E-state index in [9.17, 15) is 14.7 Å². The van der Waals surface area contributed by atoms with Crippen LogP contribution < -0.4 is 25.1 Å². The largest absolute Gasteiger partial charge is 0.502 e. The summed E-state index contributed by atoms with van der Waals surface area (Å²) in [5.74, 6) is -0.808. The number of benzene rings is 3. The smallest absolute Gasteiger partial charge is 0.287 e. The van der Waals surface area contributed by atoms with Gasteiger partial charge in [0, 0.05) is 30.9 Å². The molecule has 3 rings (SSSR count). The van der Waals surface area contributed by atoms with Crippen molar-refractivity contribution in [2.24, 2.45) is 5.10 Å². The number of phenolic OH excluding ortho intramolecular Hbond substituents is 1. The molecule has 3 aromatic rings. The molecule has 0 heterocycles. The molecule has 3 aromatic carbocycles. The van der Waals surface area contributed by atoms with Gasteiger partial charge in [-0.05, 0) is 48.0 Å². The zero-order chi connectivity index (χ0) is 26.1. The molecule has 0 radical (unpaired) electrons. The number of methoxy groups -OCH3 is 2. The first kappa shape index (κ1) is 25.8. The van der Waals surface area contributed by atoms with Gasteiger partial charge in [0.1, 0.15) is 5.70 Å². The van der Waals surface area contributed by atoms with E-state index in [1.54, 1.807) is 36.4 Å². The average molecular weight is 489 g/mol. The monoisotopic (exact) mass is 488 g/mol. The molecule has 186 valence electrons. The van der Waals surface area contributed by atoms with Gasteiger partial charge in [0.25, 0.3) is 11.8 Å². The van der Waals surface area contributed by atoms with E-state index in [0.717, 1.165) is 11.3 Å². The second-order valence-electron chi connectivity index (χ2n) is 7.84. The van der Waals surface area contributed by atoms with Crippen LogP contribution >= 0.6 is 0 Å². The van der Waals surface area contributed by atoms with Gasteiger partial charge < -0.3 is 24.8 Å². The second-order valence-corrected chi connectivity index (χ2v) is 7.84. The SMILES string of the molecule is COc1cc(C=NNC(=O)C(=Cc2ccc(N(C)C)cc2)NC(=O)c2ccccc2)cc(OC)c1O. The summed E-state index contributed by atoms with van der Waals surface area (Å²) < 4.78 is 10.3. The summed E-state index contributed by atoms with van der Waals surface area (Å²) in [7, 11) is 6.69. The molecule has 0 saturated carbocycles. The maximum Gasteiger partial charge on any atom is 0.287 e. The van der Waals surface area contributed by atoms with Crippen molar-refractivity contribution in [3.63, 3.8) is 0 Å². The fraction of sp³-hybridized carbons (Fsp3) is 0.148. The third kappa shape index (κ3) is 6.63. The van der Waals surface area contributed by atoms with Gasteiger partial charge in [-0.2, -0.15) is 5.10 Å². The van der Waals surface area contributed by atoms with Crippen LogP contribution in [0.4, 0.5) is 5.69 Å². The molecule has 36 heavy (non-hydrogen) atoms. The van der Waals surface area contributed by atoms with E-state index in [4.69, 9.17) is 9.47 Å². The summed E-state index contributed by atoms with van der Waals surface area (Å²) in [5.41, 5.74) is 5.07. The van der Waals surface area contributed by atoms with E-state index in [2.05, 4.69) is 15.8 Å². The Morgan fingerprint density at radius 3 is 2.08 bits per heavy atom. The summed E-state index contributed by atoms with van der Waals surface area (Å²) in [6.45, 7) is 0. The molecular weight excluding hydrogens is 460 g/mol. The van der Waals surface area contributed by atoms with Crippen molar-refractivity contribution in [1.29, 1.82) is 0 Å². The number of hydrogen-bond donors (Lipinski definition) is 3. The summed E-state index contributed by atoms with van der Waals surface area (Å²) in [6, 6.07) is 19.2. The first-order valence-electron chi connectivity index (χ1n) is 11.0. The predicted molar refractivity (Wildman–Crippen MR) is 140 cm³/mol. The number of rotatable bonds is 9. The van der Waals surface area contributed by atoms with Crippen molar-refractivity contribution >= 4 is 29.8 Å². The van der Waals surface area contributed by atoms with Gasteiger partial charge in [-0.15, -0.1) is 0 Å². The quantitative estimate of drug-likeness (QED) is 0.242. The van der Waals surface area contributed by atoms with Gasteiger partial charge in [0.05, 0.1) is 20.4 Å². The highest BCUT2D eigenvalue weighted by molar-refractivity contribution is 6.05. The number of aromatic hydroxyl groups is 1. The Hall–Kier alpha value is -4.79. The number of nitrogens with one attached hydrogen (secondary N) is 2. The first-order valence-corrected chi connectivity index (χ1v) is 11.0. The fourth-order valence-corrected chi connectivity index (χ4v) is 3.19. The minimum absolute atomic E-state index is 0.0134. The first-order chi connectivity index (χ1) is 17.3. The van der Waals surface area contributed by atoms with Gasteiger partial charge in [-0.3, -0.25) is 9.59 Å². The molecule has 0 atom stereocenters. The van der Waals surface area contributed by atoms with E-state index < -0.39 is 11.8 Å². The Labute approximate surface area is 209 Å². The van der Waals surface area contributed by atoms with Crippen LogP contribution in [0.2, 0.25) is 0 Å². The lowest BCUT2D eigenvalue weighted by molar-refractivity contribution is -0.117. The molecular formula is C27H28N4O5. The summed E-state index contributed by atoms with van der Waals surface area (Å²) in [4.78, 5) is 27.7. The highest BCUT2D eigenvalue weighted by Gasteiger charge is 2.15. The molecule has 0 unspecified atom stereocenters. The maximum atomic E-state index is 13.0. The molecule has 0 bridgehead atoms. The summed E-state index contributed by atoms with van der Waals surface area (Å²) in [5, 5.41) is 16.7. The number of carbonyl (C=O) groups is 2. The number of nitrogens with zero attached hydrogens (tertiary/aromatic N) is 2. The number of carbonyl (C=O) groups excluding carboxylic acids is 2. The summed E-state index contributed by atoms with van der Waals surface area (Å²) >= 11 is 0. The van der Waals surface area contributed by atoms with E-state index in [-0.39, 0.29) is 22.9 Å². The Balaban J connectivity index is 1.84. The van der Waals surface area contributed by atoms with Crippen LogP contribution in [0.3, 0.4) is 0 Å². The van der Waals surface area contributed by atoms with Crippen molar-refractivity contribution in [2.45, 2.75) is 0 Å². The van der Waals surface area contributed by atoms with Crippen LogP contribution in [0, 0.1) is 0 Å². The molecule has 0 fully saturated rings.